The zero-order chi connectivity index (χ0) is 13.8. The summed E-state index contributed by atoms with van der Waals surface area (Å²) >= 11 is 0. The summed E-state index contributed by atoms with van der Waals surface area (Å²) in [6.45, 7) is 0.328. The largest absolute Gasteiger partial charge is 0.330 e. The molecule has 0 radical (unpaired) electrons. The van der Waals surface area contributed by atoms with Crippen molar-refractivity contribution in [1.29, 1.82) is 0 Å². The minimum Gasteiger partial charge on any atom is -0.330 e. The molecule has 2 heterocycles. The van der Waals surface area contributed by atoms with Gasteiger partial charge in [0.05, 0.1) is 6.54 Å². The third kappa shape index (κ3) is 2.94. The molecule has 20 heavy (non-hydrogen) atoms. The number of rotatable bonds is 5. The molecule has 9 heteroatoms. The van der Waals surface area contributed by atoms with E-state index in [9.17, 15) is 4.39 Å². The van der Waals surface area contributed by atoms with Crippen LogP contribution >= 0.6 is 0 Å². The van der Waals surface area contributed by atoms with Gasteiger partial charge in [-0.1, -0.05) is 22.5 Å². The minimum atomic E-state index is -0.274. The Balaban J connectivity index is 1.60. The molecular weight excluding hydrogens is 265 g/mol. The molecule has 0 amide bonds. The number of hydrogen-bond donors (Lipinski definition) is 2. The molecule has 0 saturated carbocycles. The van der Waals surface area contributed by atoms with Crippen LogP contribution in [0.25, 0.3) is 0 Å². The van der Waals surface area contributed by atoms with Crippen molar-refractivity contribution in [1.82, 2.24) is 30.8 Å². The molecule has 0 atom stereocenters. The van der Waals surface area contributed by atoms with Crippen LogP contribution in [0.2, 0.25) is 0 Å². The van der Waals surface area contributed by atoms with Gasteiger partial charge in [-0.05, 0) is 17.7 Å². The van der Waals surface area contributed by atoms with Crippen molar-refractivity contribution >= 4 is 6.01 Å². The zero-order valence-electron chi connectivity index (χ0n) is 10.2. The first-order chi connectivity index (χ1) is 9.79. The lowest BCUT2D eigenvalue weighted by molar-refractivity contribution is 0.423. The van der Waals surface area contributed by atoms with E-state index in [-0.39, 0.29) is 11.8 Å². The lowest BCUT2D eigenvalue weighted by Gasteiger charge is -1.96. The molecule has 0 fully saturated rings. The molecule has 2 N–H and O–H groups in total. The molecule has 2 aromatic heterocycles. The molecule has 0 aliphatic heterocycles. The van der Waals surface area contributed by atoms with Gasteiger partial charge in [-0.15, -0.1) is 10.2 Å². The summed E-state index contributed by atoms with van der Waals surface area (Å²) in [5.41, 5.74) is 0.900. The Bertz CT molecular complexity index is 664. The monoisotopic (exact) mass is 275 g/mol. The van der Waals surface area contributed by atoms with Gasteiger partial charge in [-0.25, -0.2) is 4.39 Å². The van der Waals surface area contributed by atoms with Crippen molar-refractivity contribution < 1.29 is 8.91 Å². The second-order valence-corrected chi connectivity index (χ2v) is 4.00. The second kappa shape index (κ2) is 5.43. The summed E-state index contributed by atoms with van der Waals surface area (Å²) in [5.74, 6) is 0.722. The Morgan fingerprint density at radius 1 is 1.20 bits per heavy atom. The fraction of sp³-hybridized carbons (Fsp3) is 0.182. The predicted octanol–water partition coefficient (Wildman–Crippen LogP) is 0.925. The number of aromatic nitrogens is 6. The molecule has 0 aliphatic carbocycles. The molecule has 0 aliphatic rings. The van der Waals surface area contributed by atoms with Gasteiger partial charge in [0.25, 0.3) is 0 Å². The van der Waals surface area contributed by atoms with Crippen LogP contribution in [-0.4, -0.2) is 30.8 Å². The summed E-state index contributed by atoms with van der Waals surface area (Å²) < 4.78 is 17.8. The smallest absolute Gasteiger partial charge is 0.321 e. The standard InChI is InChI=1S/C11H10FN7O/c12-8-3-1-7(2-4-8)5-9-14-11(20-17-9)13-6-10-15-18-19-16-10/h1-4H,5-6H2,(H,13,14,17)(H,15,16,18,19). The molecule has 1 aromatic carbocycles. The number of hydrogen-bond acceptors (Lipinski definition) is 7. The van der Waals surface area contributed by atoms with Crippen molar-refractivity contribution in [2.24, 2.45) is 0 Å². The fourth-order valence-electron chi connectivity index (χ4n) is 1.59. The fourth-order valence-corrected chi connectivity index (χ4v) is 1.59. The molecule has 0 bridgehead atoms. The minimum absolute atomic E-state index is 0.270. The van der Waals surface area contributed by atoms with E-state index in [1.165, 1.54) is 12.1 Å². The predicted molar refractivity (Wildman–Crippen MR) is 65.0 cm³/mol. The highest BCUT2D eigenvalue weighted by Crippen LogP contribution is 2.10. The summed E-state index contributed by atoms with van der Waals surface area (Å²) in [7, 11) is 0. The highest BCUT2D eigenvalue weighted by molar-refractivity contribution is 5.23. The van der Waals surface area contributed by atoms with E-state index in [1.807, 2.05) is 0 Å². The average Bonchev–Trinajstić information content (AvgIpc) is 3.10. The van der Waals surface area contributed by atoms with Crippen LogP contribution in [0.5, 0.6) is 0 Å². The van der Waals surface area contributed by atoms with Gasteiger partial charge in [-0.3, -0.25) is 0 Å². The number of H-pyrrole nitrogens is 1. The number of nitrogens with zero attached hydrogens (tertiary/aromatic N) is 5. The number of anilines is 1. The summed E-state index contributed by atoms with van der Waals surface area (Å²) in [6, 6.07) is 6.41. The maximum atomic E-state index is 12.8. The Hall–Kier alpha value is -2.84. The van der Waals surface area contributed by atoms with E-state index in [2.05, 4.69) is 36.1 Å². The molecule has 0 saturated heterocycles. The van der Waals surface area contributed by atoms with Crippen molar-refractivity contribution in [2.45, 2.75) is 13.0 Å². The van der Waals surface area contributed by atoms with Crippen LogP contribution in [0.1, 0.15) is 17.2 Å². The number of benzene rings is 1. The quantitative estimate of drug-likeness (QED) is 0.713. The van der Waals surface area contributed by atoms with Gasteiger partial charge in [0.1, 0.15) is 5.82 Å². The highest BCUT2D eigenvalue weighted by atomic mass is 19.1. The van der Waals surface area contributed by atoms with Crippen LogP contribution in [0.15, 0.2) is 28.8 Å². The topological polar surface area (TPSA) is 105 Å². The number of aromatic amines is 1. The lowest BCUT2D eigenvalue weighted by atomic mass is 10.1. The Labute approximate surface area is 112 Å². The third-order valence-electron chi connectivity index (χ3n) is 2.53. The second-order valence-electron chi connectivity index (χ2n) is 4.00. The molecular formula is C11H10FN7O. The van der Waals surface area contributed by atoms with Crippen LogP contribution in [0.3, 0.4) is 0 Å². The first-order valence-corrected chi connectivity index (χ1v) is 5.83. The Morgan fingerprint density at radius 3 is 2.80 bits per heavy atom. The molecule has 8 nitrogen and oxygen atoms in total. The van der Waals surface area contributed by atoms with Crippen molar-refractivity contribution in [3.05, 3.63) is 47.3 Å². The lowest BCUT2D eigenvalue weighted by Crippen LogP contribution is -2.01. The molecule has 0 spiro atoms. The Morgan fingerprint density at radius 2 is 2.05 bits per heavy atom. The zero-order valence-corrected chi connectivity index (χ0v) is 10.2. The van der Waals surface area contributed by atoms with E-state index in [1.54, 1.807) is 12.1 Å². The van der Waals surface area contributed by atoms with Crippen LogP contribution in [0.4, 0.5) is 10.4 Å². The molecule has 3 rings (SSSR count). The third-order valence-corrected chi connectivity index (χ3v) is 2.53. The van der Waals surface area contributed by atoms with Crippen LogP contribution in [-0.2, 0) is 13.0 Å². The van der Waals surface area contributed by atoms with E-state index < -0.39 is 0 Å². The average molecular weight is 275 g/mol. The number of halogens is 1. The van der Waals surface area contributed by atoms with E-state index in [0.717, 1.165) is 5.56 Å². The number of nitrogens with one attached hydrogen (secondary N) is 2. The Kier molecular flexibility index (Phi) is 3.31. The van der Waals surface area contributed by atoms with Crippen LogP contribution in [0, 0.1) is 5.82 Å². The van der Waals surface area contributed by atoms with Crippen molar-refractivity contribution in [3.63, 3.8) is 0 Å². The maximum Gasteiger partial charge on any atom is 0.321 e. The van der Waals surface area contributed by atoms with Gasteiger partial charge >= 0.3 is 6.01 Å². The highest BCUT2D eigenvalue weighted by Gasteiger charge is 2.08. The molecule has 0 unspecified atom stereocenters. The van der Waals surface area contributed by atoms with Crippen molar-refractivity contribution in [3.8, 4) is 0 Å². The van der Waals surface area contributed by atoms with Gasteiger partial charge in [0.2, 0.25) is 0 Å². The van der Waals surface area contributed by atoms with Gasteiger partial charge in [-0.2, -0.15) is 10.2 Å². The van der Waals surface area contributed by atoms with E-state index in [0.29, 0.717) is 24.6 Å². The van der Waals surface area contributed by atoms with Gasteiger partial charge in [0, 0.05) is 6.42 Å². The first-order valence-electron chi connectivity index (χ1n) is 5.83. The van der Waals surface area contributed by atoms with E-state index in [4.69, 9.17) is 4.52 Å². The summed E-state index contributed by atoms with van der Waals surface area (Å²) in [5, 5.41) is 20.0. The summed E-state index contributed by atoms with van der Waals surface area (Å²) in [6.07, 6.45) is 0.466. The maximum absolute atomic E-state index is 12.8. The van der Waals surface area contributed by atoms with Crippen LogP contribution < -0.4 is 5.32 Å². The van der Waals surface area contributed by atoms with Gasteiger partial charge in [0.15, 0.2) is 11.6 Å². The first kappa shape index (κ1) is 12.2. The van der Waals surface area contributed by atoms with E-state index >= 15 is 0 Å². The molecule has 3 aromatic rings. The number of tetrazole rings is 1. The SMILES string of the molecule is Fc1ccc(Cc2noc(NCc3nn[nH]n3)n2)cc1. The summed E-state index contributed by atoms with van der Waals surface area (Å²) in [4.78, 5) is 4.16. The van der Waals surface area contributed by atoms with Gasteiger partial charge < -0.3 is 9.84 Å². The normalized spacial score (nSPS) is 10.7. The van der Waals surface area contributed by atoms with Crippen molar-refractivity contribution in [2.75, 3.05) is 5.32 Å². The molecule has 102 valence electrons.